The summed E-state index contributed by atoms with van der Waals surface area (Å²) in [5, 5.41) is 0. The lowest BCUT2D eigenvalue weighted by molar-refractivity contribution is -0.130. The van der Waals surface area contributed by atoms with Gasteiger partial charge in [0.1, 0.15) is 6.54 Å². The zero-order valence-corrected chi connectivity index (χ0v) is 14.8. The van der Waals surface area contributed by atoms with Gasteiger partial charge in [0, 0.05) is 19.0 Å². The number of carbonyl (C=O) groups is 1. The highest BCUT2D eigenvalue weighted by molar-refractivity contribution is 5.80. The van der Waals surface area contributed by atoms with E-state index in [-0.39, 0.29) is 18.0 Å². The maximum atomic E-state index is 12.8. The zero-order chi connectivity index (χ0) is 18.1. The highest BCUT2D eigenvalue weighted by Crippen LogP contribution is 2.29. The molecular formula is C21H21N3O2. The summed E-state index contributed by atoms with van der Waals surface area (Å²) in [6.07, 6.45) is 2.25. The average molecular weight is 347 g/mol. The first-order chi connectivity index (χ1) is 12.6. The lowest BCUT2D eigenvalue weighted by Gasteiger charge is -2.19. The Hall–Kier alpha value is -2.95. The van der Waals surface area contributed by atoms with Crippen LogP contribution in [0.4, 0.5) is 0 Å². The molecule has 0 N–H and O–H groups in total. The molecule has 26 heavy (non-hydrogen) atoms. The van der Waals surface area contributed by atoms with E-state index >= 15 is 0 Å². The number of benzene rings is 2. The van der Waals surface area contributed by atoms with E-state index in [1.807, 2.05) is 35.2 Å². The number of fused-ring (bicyclic) bond motifs is 1. The normalized spacial score (nSPS) is 17.0. The Kier molecular flexibility index (Phi) is 4.29. The standard InChI is InChI=1S/C21H21N3O2/c1-15-6-2-3-7-17(15)16-10-11-23(13-16)21(26)14-24-19-9-5-4-8-18(19)22-12-20(24)25/h2-9,12,16H,10-11,13-14H2,1H3/t16-/m1/s1. The van der Waals surface area contributed by atoms with Crippen molar-refractivity contribution >= 4 is 16.9 Å². The van der Waals surface area contributed by atoms with Gasteiger partial charge in [0.2, 0.25) is 5.91 Å². The van der Waals surface area contributed by atoms with Crippen molar-refractivity contribution in [2.24, 2.45) is 0 Å². The van der Waals surface area contributed by atoms with E-state index in [4.69, 9.17) is 0 Å². The quantitative estimate of drug-likeness (QED) is 0.732. The van der Waals surface area contributed by atoms with Crippen molar-refractivity contribution in [3.63, 3.8) is 0 Å². The van der Waals surface area contributed by atoms with Crippen LogP contribution in [0.5, 0.6) is 0 Å². The zero-order valence-electron chi connectivity index (χ0n) is 14.8. The number of amides is 1. The van der Waals surface area contributed by atoms with Gasteiger partial charge in [0.05, 0.1) is 17.2 Å². The summed E-state index contributed by atoms with van der Waals surface area (Å²) in [5.41, 5.74) is 3.76. The van der Waals surface area contributed by atoms with Gasteiger partial charge in [-0.2, -0.15) is 0 Å². The van der Waals surface area contributed by atoms with Gasteiger partial charge in [0.15, 0.2) is 0 Å². The van der Waals surface area contributed by atoms with Crippen LogP contribution in [0.2, 0.25) is 0 Å². The van der Waals surface area contributed by atoms with Crippen LogP contribution < -0.4 is 5.56 Å². The van der Waals surface area contributed by atoms with Crippen molar-refractivity contribution in [2.75, 3.05) is 13.1 Å². The summed E-state index contributed by atoms with van der Waals surface area (Å²) < 4.78 is 1.52. The lowest BCUT2D eigenvalue weighted by atomic mass is 9.94. The topological polar surface area (TPSA) is 55.2 Å². The second kappa shape index (κ2) is 6.75. The summed E-state index contributed by atoms with van der Waals surface area (Å²) in [5.74, 6) is 0.352. The molecular weight excluding hydrogens is 326 g/mol. The lowest BCUT2D eigenvalue weighted by Crippen LogP contribution is -2.35. The van der Waals surface area contributed by atoms with Gasteiger partial charge in [-0.25, -0.2) is 4.98 Å². The SMILES string of the molecule is Cc1ccccc1[C@@H]1CCN(C(=O)Cn2c(=O)cnc3ccccc32)C1. The van der Waals surface area contributed by atoms with E-state index in [1.165, 1.54) is 21.9 Å². The fourth-order valence-corrected chi connectivity index (χ4v) is 3.80. The molecule has 0 aliphatic carbocycles. The Morgan fingerprint density at radius 2 is 1.92 bits per heavy atom. The smallest absolute Gasteiger partial charge is 0.269 e. The van der Waals surface area contributed by atoms with Crippen LogP contribution in [0.15, 0.2) is 59.5 Å². The summed E-state index contributed by atoms with van der Waals surface area (Å²) in [7, 11) is 0. The Balaban J connectivity index is 1.54. The van der Waals surface area contributed by atoms with Crippen LogP contribution in [-0.4, -0.2) is 33.4 Å². The van der Waals surface area contributed by atoms with Crippen LogP contribution in [0.1, 0.15) is 23.5 Å². The molecule has 1 aromatic heterocycles. The number of aryl methyl sites for hydroxylation is 1. The Labute approximate surface area is 151 Å². The van der Waals surface area contributed by atoms with Gasteiger partial charge in [-0.1, -0.05) is 36.4 Å². The number of rotatable bonds is 3. The van der Waals surface area contributed by atoms with Crippen molar-refractivity contribution in [3.05, 3.63) is 76.2 Å². The highest BCUT2D eigenvalue weighted by Gasteiger charge is 2.28. The number of nitrogens with zero attached hydrogens (tertiary/aromatic N) is 3. The minimum Gasteiger partial charge on any atom is -0.341 e. The van der Waals surface area contributed by atoms with Crippen molar-refractivity contribution < 1.29 is 4.79 Å². The molecule has 3 aromatic rings. The average Bonchev–Trinajstić information content (AvgIpc) is 3.14. The molecule has 1 atom stereocenters. The predicted octanol–water partition coefficient (Wildman–Crippen LogP) is 2.72. The first-order valence-corrected chi connectivity index (χ1v) is 8.91. The number of likely N-dealkylation sites (tertiary alicyclic amines) is 1. The summed E-state index contributed by atoms with van der Waals surface area (Å²) in [6, 6.07) is 15.8. The number of carbonyl (C=O) groups excluding carboxylic acids is 1. The molecule has 0 radical (unpaired) electrons. The van der Waals surface area contributed by atoms with E-state index in [0.717, 1.165) is 18.5 Å². The third kappa shape index (κ3) is 3.01. The number of aromatic nitrogens is 2. The van der Waals surface area contributed by atoms with E-state index < -0.39 is 0 Å². The maximum absolute atomic E-state index is 12.8. The summed E-state index contributed by atoms with van der Waals surface area (Å²) in [6.45, 7) is 3.61. The van der Waals surface area contributed by atoms with Crippen LogP contribution in [0.25, 0.3) is 11.0 Å². The third-order valence-corrected chi connectivity index (χ3v) is 5.22. The largest absolute Gasteiger partial charge is 0.341 e. The Morgan fingerprint density at radius 3 is 2.77 bits per heavy atom. The van der Waals surface area contributed by atoms with Crippen molar-refractivity contribution in [1.82, 2.24) is 14.5 Å². The molecule has 2 aromatic carbocycles. The molecule has 1 fully saturated rings. The number of para-hydroxylation sites is 2. The molecule has 5 nitrogen and oxygen atoms in total. The molecule has 5 heteroatoms. The number of hydrogen-bond donors (Lipinski definition) is 0. The molecule has 4 rings (SSSR count). The molecule has 1 amide bonds. The van der Waals surface area contributed by atoms with Gasteiger partial charge in [-0.05, 0) is 36.6 Å². The van der Waals surface area contributed by atoms with Crippen molar-refractivity contribution in [2.45, 2.75) is 25.8 Å². The van der Waals surface area contributed by atoms with E-state index in [0.29, 0.717) is 18.0 Å². The minimum absolute atomic E-state index is 0.0143. The van der Waals surface area contributed by atoms with Crippen LogP contribution >= 0.6 is 0 Å². The first kappa shape index (κ1) is 16.5. The highest BCUT2D eigenvalue weighted by atomic mass is 16.2. The van der Waals surface area contributed by atoms with Gasteiger partial charge < -0.3 is 4.90 Å². The van der Waals surface area contributed by atoms with Gasteiger partial charge in [-0.15, -0.1) is 0 Å². The van der Waals surface area contributed by atoms with E-state index in [9.17, 15) is 9.59 Å². The molecule has 1 saturated heterocycles. The van der Waals surface area contributed by atoms with Crippen LogP contribution in [-0.2, 0) is 11.3 Å². The molecule has 0 bridgehead atoms. The minimum atomic E-state index is -0.244. The fraction of sp³-hybridized carbons (Fsp3) is 0.286. The van der Waals surface area contributed by atoms with Crippen LogP contribution in [0.3, 0.4) is 0 Å². The Morgan fingerprint density at radius 1 is 1.15 bits per heavy atom. The van der Waals surface area contributed by atoms with Gasteiger partial charge in [-0.3, -0.25) is 14.2 Å². The number of hydrogen-bond acceptors (Lipinski definition) is 3. The fourth-order valence-electron chi connectivity index (χ4n) is 3.80. The second-order valence-corrected chi connectivity index (χ2v) is 6.85. The molecule has 1 aliphatic rings. The van der Waals surface area contributed by atoms with E-state index in [2.05, 4.69) is 30.1 Å². The predicted molar refractivity (Wildman–Crippen MR) is 101 cm³/mol. The summed E-state index contributed by atoms with van der Waals surface area (Å²) in [4.78, 5) is 31.1. The third-order valence-electron chi connectivity index (χ3n) is 5.22. The van der Waals surface area contributed by atoms with Gasteiger partial charge in [0.25, 0.3) is 5.56 Å². The molecule has 0 spiro atoms. The van der Waals surface area contributed by atoms with Crippen molar-refractivity contribution in [3.8, 4) is 0 Å². The molecule has 0 unspecified atom stereocenters. The summed E-state index contributed by atoms with van der Waals surface area (Å²) >= 11 is 0. The van der Waals surface area contributed by atoms with Gasteiger partial charge >= 0.3 is 0 Å². The Bertz CT molecular complexity index is 1020. The second-order valence-electron chi connectivity index (χ2n) is 6.85. The van der Waals surface area contributed by atoms with Crippen molar-refractivity contribution in [1.29, 1.82) is 0 Å². The first-order valence-electron chi connectivity index (χ1n) is 8.91. The molecule has 0 saturated carbocycles. The molecule has 132 valence electrons. The van der Waals surface area contributed by atoms with E-state index in [1.54, 1.807) is 0 Å². The maximum Gasteiger partial charge on any atom is 0.269 e. The molecule has 2 heterocycles. The van der Waals surface area contributed by atoms with Crippen LogP contribution in [0, 0.1) is 6.92 Å². The molecule has 1 aliphatic heterocycles. The monoisotopic (exact) mass is 347 g/mol.